The molecule has 3 amide bonds. The molecule has 1 atom stereocenters. The number of rotatable bonds is 12. The summed E-state index contributed by atoms with van der Waals surface area (Å²) < 4.78 is 26.9. The zero-order valence-corrected chi connectivity index (χ0v) is 26.1. The maximum absolute atomic E-state index is 13.5. The number of carbonyl (C=O) groups is 4. The summed E-state index contributed by atoms with van der Waals surface area (Å²) in [5.41, 5.74) is 4.16. The van der Waals surface area contributed by atoms with Gasteiger partial charge in [-0.25, -0.2) is 0 Å². The van der Waals surface area contributed by atoms with Crippen molar-refractivity contribution in [3.05, 3.63) is 70.3 Å². The molecule has 1 heterocycles. The molecule has 4 rings (SSSR count). The van der Waals surface area contributed by atoms with Gasteiger partial charge in [-0.3, -0.25) is 19.2 Å². The van der Waals surface area contributed by atoms with Crippen LogP contribution in [0.15, 0.2) is 42.5 Å². The third-order valence-electron chi connectivity index (χ3n) is 7.17. The minimum Gasteiger partial charge on any atom is -0.493 e. The number of amides is 3. The Bertz CT molecular complexity index is 1570. The van der Waals surface area contributed by atoms with E-state index < -0.39 is 29.7 Å². The first-order chi connectivity index (χ1) is 21.6. The second-order valence-electron chi connectivity index (χ2n) is 10.5. The fourth-order valence-electron chi connectivity index (χ4n) is 5.08. The third kappa shape index (κ3) is 7.83. The molecule has 0 fully saturated rings. The highest BCUT2D eigenvalue weighted by atomic mass is 16.5. The van der Waals surface area contributed by atoms with Crippen LogP contribution in [0.1, 0.15) is 50.2 Å². The molecule has 0 aliphatic carbocycles. The van der Waals surface area contributed by atoms with Gasteiger partial charge in [0, 0.05) is 5.56 Å². The number of hydrogen-bond acceptors (Lipinski definition) is 9. The predicted molar refractivity (Wildman–Crippen MR) is 167 cm³/mol. The van der Waals surface area contributed by atoms with E-state index in [1.807, 2.05) is 13.8 Å². The normalized spacial score (nSPS) is 13.9. The average molecular weight is 620 g/mol. The van der Waals surface area contributed by atoms with Gasteiger partial charge in [-0.2, -0.15) is 0 Å². The number of fused-ring (bicyclic) bond motifs is 1. The maximum atomic E-state index is 13.5. The van der Waals surface area contributed by atoms with Gasteiger partial charge in [0.2, 0.25) is 11.7 Å². The topological polar surface area (TPSA) is 151 Å². The molecular formula is C33H37N3O9. The van der Waals surface area contributed by atoms with Gasteiger partial charge in [-0.1, -0.05) is 29.3 Å². The first-order valence-corrected chi connectivity index (χ1v) is 14.2. The molecule has 1 aliphatic heterocycles. The van der Waals surface area contributed by atoms with Gasteiger partial charge in [0.05, 0.1) is 58.4 Å². The van der Waals surface area contributed by atoms with Crippen LogP contribution in [-0.4, -0.2) is 64.8 Å². The average Bonchev–Trinajstić information content (AvgIpc) is 3.12. The molecule has 12 nitrogen and oxygen atoms in total. The molecule has 0 radical (unpaired) electrons. The number of carbonyl (C=O) groups excluding carboxylic acids is 4. The highest BCUT2D eigenvalue weighted by Gasteiger charge is 2.31. The van der Waals surface area contributed by atoms with E-state index in [1.165, 1.54) is 69.4 Å². The van der Waals surface area contributed by atoms with Gasteiger partial charge in [-0.05, 0) is 56.5 Å². The minimum absolute atomic E-state index is 0.103. The highest BCUT2D eigenvalue weighted by molar-refractivity contribution is 6.13. The Morgan fingerprint density at radius 3 is 2.11 bits per heavy atom. The summed E-state index contributed by atoms with van der Waals surface area (Å²) in [6, 6.07) is 11.1. The zero-order chi connectivity index (χ0) is 32.7. The Kier molecular flexibility index (Phi) is 10.5. The smallest absolute Gasteiger partial charge is 0.308 e. The number of nitrogens with one attached hydrogen (secondary N) is 3. The van der Waals surface area contributed by atoms with Crippen molar-refractivity contribution in [2.45, 2.75) is 39.2 Å². The Morgan fingerprint density at radius 2 is 1.51 bits per heavy atom. The number of ether oxygens (including phenoxy) is 5. The van der Waals surface area contributed by atoms with Gasteiger partial charge in [-0.15, -0.1) is 0 Å². The SMILES string of the molecule is COC(=O)C[C@@H]1NC(=O)c2cc(OCCCc3cc(C)cc(C)c3)c(NC(=O)c3cc(OC)c(OC)c(OC)c3)cc2NC1=O. The molecule has 0 saturated carbocycles. The maximum Gasteiger partial charge on any atom is 0.308 e. The lowest BCUT2D eigenvalue weighted by Gasteiger charge is -2.17. The van der Waals surface area contributed by atoms with Gasteiger partial charge in [0.25, 0.3) is 11.8 Å². The van der Waals surface area contributed by atoms with Gasteiger partial charge in [0.1, 0.15) is 11.8 Å². The van der Waals surface area contributed by atoms with Crippen LogP contribution in [-0.2, 0) is 20.7 Å². The molecule has 3 N–H and O–H groups in total. The van der Waals surface area contributed by atoms with Crippen LogP contribution in [0.4, 0.5) is 11.4 Å². The van der Waals surface area contributed by atoms with Gasteiger partial charge in [0.15, 0.2) is 11.5 Å². The molecule has 12 heteroatoms. The number of hydrogen-bond donors (Lipinski definition) is 3. The van der Waals surface area contributed by atoms with E-state index in [4.69, 9.17) is 18.9 Å². The first-order valence-electron chi connectivity index (χ1n) is 14.2. The van der Waals surface area contributed by atoms with E-state index >= 15 is 0 Å². The second kappa shape index (κ2) is 14.5. The largest absolute Gasteiger partial charge is 0.493 e. The Labute approximate surface area is 261 Å². The summed E-state index contributed by atoms with van der Waals surface area (Å²) in [5, 5.41) is 8.06. The zero-order valence-electron chi connectivity index (χ0n) is 26.1. The fraction of sp³-hybridized carbons (Fsp3) is 0.333. The lowest BCUT2D eigenvalue weighted by molar-refractivity contribution is -0.142. The van der Waals surface area contributed by atoms with Crippen LogP contribution in [0.5, 0.6) is 23.0 Å². The Morgan fingerprint density at radius 1 is 0.844 bits per heavy atom. The summed E-state index contributed by atoms with van der Waals surface area (Å²) >= 11 is 0. The van der Waals surface area contributed by atoms with E-state index in [1.54, 1.807) is 0 Å². The third-order valence-corrected chi connectivity index (χ3v) is 7.17. The molecule has 3 aromatic rings. The molecule has 1 aliphatic rings. The van der Waals surface area contributed by atoms with Crippen molar-refractivity contribution >= 4 is 35.1 Å². The Balaban J connectivity index is 1.65. The van der Waals surface area contributed by atoms with E-state index in [-0.39, 0.29) is 52.8 Å². The number of anilines is 2. The standard InChI is InChI=1S/C33H37N3O9/c1-18-10-19(2)12-20(11-18)8-7-9-45-26-15-22-23(34-33(40)25(36-32(22)39)17-29(37)43-5)16-24(26)35-31(38)21-13-27(41-3)30(44-6)28(14-21)42-4/h10-16,25H,7-9,17H2,1-6H3,(H,34,40)(H,35,38)(H,36,39)/t25-/m0/s1. The molecule has 0 saturated heterocycles. The van der Waals surface area contributed by atoms with Crippen LogP contribution >= 0.6 is 0 Å². The molecule has 0 bridgehead atoms. The van der Waals surface area contributed by atoms with Crippen molar-refractivity contribution in [1.29, 1.82) is 0 Å². The van der Waals surface area contributed by atoms with Crippen molar-refractivity contribution in [3.8, 4) is 23.0 Å². The fourth-order valence-corrected chi connectivity index (χ4v) is 5.08. The van der Waals surface area contributed by atoms with Crippen LogP contribution < -0.4 is 34.9 Å². The quantitative estimate of drug-likeness (QED) is 0.200. The summed E-state index contributed by atoms with van der Waals surface area (Å²) in [7, 11) is 5.53. The summed E-state index contributed by atoms with van der Waals surface area (Å²) in [6.45, 7) is 4.37. The van der Waals surface area contributed by atoms with Crippen LogP contribution in [0.3, 0.4) is 0 Å². The lowest BCUT2D eigenvalue weighted by Crippen LogP contribution is -2.42. The van der Waals surface area contributed by atoms with Crippen molar-refractivity contribution in [3.63, 3.8) is 0 Å². The predicted octanol–water partition coefficient (Wildman–Crippen LogP) is 4.21. The number of methoxy groups -OCH3 is 4. The van der Waals surface area contributed by atoms with Crippen LogP contribution in [0.25, 0.3) is 0 Å². The summed E-state index contributed by atoms with van der Waals surface area (Å²) in [5.74, 6) is -1.30. The molecule has 0 aromatic heterocycles. The van der Waals surface area contributed by atoms with E-state index in [0.29, 0.717) is 12.2 Å². The molecule has 238 valence electrons. The van der Waals surface area contributed by atoms with Crippen LogP contribution in [0, 0.1) is 13.8 Å². The van der Waals surface area contributed by atoms with Crippen molar-refractivity contribution in [1.82, 2.24) is 5.32 Å². The lowest BCUT2D eigenvalue weighted by atomic mass is 10.0. The molecule has 3 aromatic carbocycles. The minimum atomic E-state index is -1.16. The summed E-state index contributed by atoms with van der Waals surface area (Å²) in [4.78, 5) is 51.5. The van der Waals surface area contributed by atoms with Crippen molar-refractivity contribution < 1.29 is 42.9 Å². The number of benzene rings is 3. The number of aryl methyl sites for hydroxylation is 3. The van der Waals surface area contributed by atoms with Crippen molar-refractivity contribution in [2.75, 3.05) is 45.7 Å². The Hall–Kier alpha value is -5.26. The van der Waals surface area contributed by atoms with Crippen LogP contribution in [0.2, 0.25) is 0 Å². The monoisotopic (exact) mass is 619 g/mol. The highest BCUT2D eigenvalue weighted by Crippen LogP contribution is 2.39. The van der Waals surface area contributed by atoms with Gasteiger partial charge >= 0.3 is 5.97 Å². The first kappa shape index (κ1) is 32.6. The van der Waals surface area contributed by atoms with Crippen molar-refractivity contribution in [2.24, 2.45) is 0 Å². The number of esters is 1. The second-order valence-corrected chi connectivity index (χ2v) is 10.5. The van der Waals surface area contributed by atoms with E-state index in [9.17, 15) is 19.2 Å². The van der Waals surface area contributed by atoms with Gasteiger partial charge < -0.3 is 39.6 Å². The van der Waals surface area contributed by atoms with E-state index in [0.717, 1.165) is 6.42 Å². The molecule has 0 unspecified atom stereocenters. The molecular weight excluding hydrogens is 582 g/mol. The summed E-state index contributed by atoms with van der Waals surface area (Å²) in [6.07, 6.45) is 1.06. The molecule has 45 heavy (non-hydrogen) atoms. The molecule has 0 spiro atoms. The van der Waals surface area contributed by atoms with E-state index in [2.05, 4.69) is 38.9 Å².